The summed E-state index contributed by atoms with van der Waals surface area (Å²) in [7, 11) is 1.70. The smallest absolute Gasteiger partial charge is 0.205 e. The highest BCUT2D eigenvalue weighted by molar-refractivity contribution is 6.09. The van der Waals surface area contributed by atoms with E-state index < -0.39 is 5.79 Å². The summed E-state index contributed by atoms with van der Waals surface area (Å²) in [4.78, 5) is 0. The first kappa shape index (κ1) is 17.9. The van der Waals surface area contributed by atoms with Gasteiger partial charge in [-0.25, -0.2) is 0 Å². The highest BCUT2D eigenvalue weighted by Crippen LogP contribution is 2.58. The SMILES string of the molecule is COc1ccc(C2C3CCCOC2(c2cc4ccccc4c4ccccc24)O3)cc1. The molecule has 0 aromatic heterocycles. The highest BCUT2D eigenvalue weighted by atomic mass is 16.7. The molecule has 2 aliphatic heterocycles. The molecule has 0 aliphatic carbocycles. The van der Waals surface area contributed by atoms with Crippen molar-refractivity contribution in [2.75, 3.05) is 13.7 Å². The van der Waals surface area contributed by atoms with Gasteiger partial charge < -0.3 is 14.2 Å². The van der Waals surface area contributed by atoms with Crippen molar-refractivity contribution < 1.29 is 14.2 Å². The number of methoxy groups -OCH3 is 1. The van der Waals surface area contributed by atoms with E-state index in [1.165, 1.54) is 27.1 Å². The third kappa shape index (κ3) is 2.52. The Morgan fingerprint density at radius 2 is 1.60 bits per heavy atom. The Bertz CT molecular complexity index is 1230. The van der Waals surface area contributed by atoms with Crippen LogP contribution in [-0.2, 0) is 15.3 Å². The van der Waals surface area contributed by atoms with E-state index in [1.54, 1.807) is 7.11 Å². The largest absolute Gasteiger partial charge is 0.497 e. The maximum absolute atomic E-state index is 6.60. The Labute approximate surface area is 176 Å². The molecule has 4 aromatic rings. The molecule has 6 rings (SSSR count). The predicted molar refractivity (Wildman–Crippen MR) is 119 cm³/mol. The van der Waals surface area contributed by atoms with Crippen LogP contribution in [-0.4, -0.2) is 19.8 Å². The molecule has 2 saturated heterocycles. The molecule has 0 radical (unpaired) electrons. The monoisotopic (exact) mass is 396 g/mol. The predicted octanol–water partition coefficient (Wildman–Crippen LogP) is 6.15. The Morgan fingerprint density at radius 3 is 2.40 bits per heavy atom. The van der Waals surface area contributed by atoms with Gasteiger partial charge in [0.05, 0.1) is 25.7 Å². The lowest BCUT2D eigenvalue weighted by molar-refractivity contribution is -0.356. The molecule has 4 aromatic carbocycles. The van der Waals surface area contributed by atoms with Crippen LogP contribution < -0.4 is 4.74 Å². The zero-order chi connectivity index (χ0) is 20.1. The summed E-state index contributed by atoms with van der Waals surface area (Å²) in [5, 5.41) is 4.93. The van der Waals surface area contributed by atoms with E-state index in [4.69, 9.17) is 14.2 Å². The molecule has 3 unspecified atom stereocenters. The van der Waals surface area contributed by atoms with Crippen molar-refractivity contribution in [1.29, 1.82) is 0 Å². The third-order valence-electron chi connectivity index (χ3n) is 6.68. The second kappa shape index (κ2) is 6.83. The van der Waals surface area contributed by atoms with Crippen LogP contribution in [0.1, 0.15) is 29.9 Å². The van der Waals surface area contributed by atoms with E-state index >= 15 is 0 Å². The fourth-order valence-electron chi connectivity index (χ4n) is 5.29. The summed E-state index contributed by atoms with van der Waals surface area (Å²) < 4.78 is 18.5. The summed E-state index contributed by atoms with van der Waals surface area (Å²) in [6, 6.07) is 27.8. The average molecular weight is 396 g/mol. The van der Waals surface area contributed by atoms with Crippen LogP contribution in [0, 0.1) is 0 Å². The average Bonchev–Trinajstić information content (AvgIpc) is 3.13. The lowest BCUT2D eigenvalue weighted by Crippen LogP contribution is -2.56. The minimum absolute atomic E-state index is 0.162. The first-order chi connectivity index (χ1) is 14.8. The van der Waals surface area contributed by atoms with Gasteiger partial charge >= 0.3 is 0 Å². The summed E-state index contributed by atoms with van der Waals surface area (Å²) in [5.41, 5.74) is 2.38. The fourth-order valence-corrected chi connectivity index (χ4v) is 5.29. The van der Waals surface area contributed by atoms with Gasteiger partial charge in [-0.3, -0.25) is 0 Å². The first-order valence-corrected chi connectivity index (χ1v) is 10.7. The highest BCUT2D eigenvalue weighted by Gasteiger charge is 2.60. The van der Waals surface area contributed by atoms with Crippen molar-refractivity contribution in [2.45, 2.75) is 30.7 Å². The van der Waals surface area contributed by atoms with Gasteiger partial charge in [0.15, 0.2) is 0 Å². The van der Waals surface area contributed by atoms with Crippen molar-refractivity contribution in [3.63, 3.8) is 0 Å². The summed E-state index contributed by atoms with van der Waals surface area (Å²) in [6.45, 7) is 0.713. The van der Waals surface area contributed by atoms with Crippen LogP contribution in [0.4, 0.5) is 0 Å². The van der Waals surface area contributed by atoms with Crippen LogP contribution in [0.25, 0.3) is 21.5 Å². The molecule has 0 saturated carbocycles. The van der Waals surface area contributed by atoms with Gasteiger partial charge in [-0.15, -0.1) is 0 Å². The van der Waals surface area contributed by atoms with E-state index in [2.05, 4.69) is 66.7 Å². The molecule has 2 aliphatic rings. The molecular weight excluding hydrogens is 372 g/mol. The van der Waals surface area contributed by atoms with Crippen LogP contribution in [0.2, 0.25) is 0 Å². The Hall–Kier alpha value is -2.88. The fraction of sp³-hybridized carbons (Fsp3) is 0.259. The van der Waals surface area contributed by atoms with Crippen molar-refractivity contribution in [2.24, 2.45) is 0 Å². The molecule has 2 fully saturated rings. The van der Waals surface area contributed by atoms with Gasteiger partial charge in [0.25, 0.3) is 0 Å². The Morgan fingerprint density at radius 1 is 0.867 bits per heavy atom. The molecule has 2 heterocycles. The number of ether oxygens (including phenoxy) is 3. The van der Waals surface area contributed by atoms with Gasteiger partial charge in [-0.1, -0.05) is 60.7 Å². The molecule has 3 atom stereocenters. The van der Waals surface area contributed by atoms with Gasteiger partial charge in [0.2, 0.25) is 5.79 Å². The molecule has 2 bridgehead atoms. The number of benzene rings is 4. The molecule has 0 N–H and O–H groups in total. The normalized spacial score (nSPS) is 25.6. The third-order valence-corrected chi connectivity index (χ3v) is 6.68. The molecule has 30 heavy (non-hydrogen) atoms. The molecule has 150 valence electrons. The van der Waals surface area contributed by atoms with Crippen LogP contribution >= 0.6 is 0 Å². The van der Waals surface area contributed by atoms with E-state index in [1.807, 2.05) is 12.1 Å². The van der Waals surface area contributed by atoms with E-state index in [9.17, 15) is 0 Å². The molecular formula is C27H24O3. The summed E-state index contributed by atoms with van der Waals surface area (Å²) >= 11 is 0. The van der Waals surface area contributed by atoms with Crippen molar-refractivity contribution >= 4 is 21.5 Å². The van der Waals surface area contributed by atoms with Gasteiger partial charge in [0, 0.05) is 5.56 Å². The number of fused-ring (bicyclic) bond motifs is 5. The quantitative estimate of drug-likeness (QED) is 0.389. The molecule has 0 spiro atoms. The Kier molecular flexibility index (Phi) is 4.08. The summed E-state index contributed by atoms with van der Waals surface area (Å²) in [6.07, 6.45) is 2.21. The van der Waals surface area contributed by atoms with E-state index in [0.29, 0.717) is 6.61 Å². The van der Waals surface area contributed by atoms with Gasteiger partial charge in [0.1, 0.15) is 5.75 Å². The maximum atomic E-state index is 6.60. The minimum atomic E-state index is -0.751. The van der Waals surface area contributed by atoms with Crippen LogP contribution in [0.15, 0.2) is 78.9 Å². The maximum Gasteiger partial charge on any atom is 0.205 e. The second-order valence-electron chi connectivity index (χ2n) is 8.26. The van der Waals surface area contributed by atoms with E-state index in [0.717, 1.165) is 24.2 Å². The minimum Gasteiger partial charge on any atom is -0.497 e. The molecule has 3 nitrogen and oxygen atoms in total. The lowest BCUT2D eigenvalue weighted by atomic mass is 9.74. The van der Waals surface area contributed by atoms with Gasteiger partial charge in [-0.05, 0) is 58.1 Å². The van der Waals surface area contributed by atoms with E-state index in [-0.39, 0.29) is 12.0 Å². The zero-order valence-electron chi connectivity index (χ0n) is 17.0. The first-order valence-electron chi connectivity index (χ1n) is 10.7. The lowest BCUT2D eigenvalue weighted by Gasteiger charge is -2.53. The van der Waals surface area contributed by atoms with Crippen LogP contribution in [0.5, 0.6) is 5.75 Å². The zero-order valence-corrected chi connectivity index (χ0v) is 17.0. The van der Waals surface area contributed by atoms with Crippen molar-refractivity contribution in [3.05, 3.63) is 90.0 Å². The van der Waals surface area contributed by atoms with Crippen LogP contribution in [0.3, 0.4) is 0 Å². The molecule has 0 amide bonds. The summed E-state index contributed by atoms with van der Waals surface area (Å²) in [5.74, 6) is 0.280. The number of hydrogen-bond donors (Lipinski definition) is 0. The standard InChI is InChI=1S/C27H24O3/c1-28-20-14-12-18(13-15-20)26-25-11-6-16-29-27(26,30-25)24-17-19-7-2-3-8-21(19)22-9-4-5-10-23(22)24/h2-5,7-10,12-15,17,25-26H,6,11,16H2,1H3. The topological polar surface area (TPSA) is 27.7 Å². The van der Waals surface area contributed by atoms with Gasteiger partial charge in [-0.2, -0.15) is 0 Å². The molecule has 3 heteroatoms. The Balaban J connectivity index is 1.59. The number of hydrogen-bond acceptors (Lipinski definition) is 3. The second-order valence-corrected chi connectivity index (χ2v) is 8.26. The van der Waals surface area contributed by atoms with Crippen molar-refractivity contribution in [1.82, 2.24) is 0 Å². The number of rotatable bonds is 3. The van der Waals surface area contributed by atoms with Crippen molar-refractivity contribution in [3.8, 4) is 5.75 Å².